The van der Waals surface area contributed by atoms with Crippen molar-refractivity contribution < 1.29 is 14.5 Å². The maximum absolute atomic E-state index is 11.9. The lowest BCUT2D eigenvalue weighted by atomic mass is 10.1. The minimum absolute atomic E-state index is 0.119. The molecule has 0 aliphatic rings. The third-order valence-corrected chi connectivity index (χ3v) is 2.36. The van der Waals surface area contributed by atoms with Crippen LogP contribution in [-0.4, -0.2) is 32.6 Å². The molecule has 0 spiro atoms. The fourth-order valence-corrected chi connectivity index (χ4v) is 1.52. The van der Waals surface area contributed by atoms with Gasteiger partial charge in [0.05, 0.1) is 11.5 Å². The molecule has 2 aromatic rings. The highest BCUT2D eigenvalue weighted by molar-refractivity contribution is 6.03. The Hall–Kier alpha value is -2.97. The van der Waals surface area contributed by atoms with Gasteiger partial charge in [-0.2, -0.15) is 10.1 Å². The van der Waals surface area contributed by atoms with Crippen LogP contribution in [0.4, 0.5) is 11.6 Å². The highest BCUT2D eigenvalue weighted by Crippen LogP contribution is 2.28. The van der Waals surface area contributed by atoms with Crippen molar-refractivity contribution in [2.75, 3.05) is 11.9 Å². The lowest BCUT2D eigenvalue weighted by molar-refractivity contribution is -0.385. The van der Waals surface area contributed by atoms with E-state index in [-0.39, 0.29) is 22.9 Å². The van der Waals surface area contributed by atoms with Gasteiger partial charge in [0.25, 0.3) is 5.91 Å². The number of hydrogen-bond donors (Lipinski definition) is 2. The lowest BCUT2D eigenvalue weighted by Gasteiger charge is -2.06. The van der Waals surface area contributed by atoms with Crippen molar-refractivity contribution in [3.63, 3.8) is 0 Å². The average molecular weight is 277 g/mol. The molecule has 1 aromatic heterocycles. The lowest BCUT2D eigenvalue weighted by Crippen LogP contribution is -2.13. The van der Waals surface area contributed by atoms with E-state index < -0.39 is 10.8 Å². The number of nitro groups is 1. The van der Waals surface area contributed by atoms with Gasteiger partial charge >= 0.3 is 5.69 Å². The number of nitrogens with one attached hydrogen (secondary N) is 2. The van der Waals surface area contributed by atoms with E-state index in [0.29, 0.717) is 6.61 Å². The van der Waals surface area contributed by atoms with Gasteiger partial charge in [0, 0.05) is 11.6 Å². The minimum Gasteiger partial charge on any atom is -0.487 e. The zero-order valence-electron chi connectivity index (χ0n) is 10.5. The zero-order chi connectivity index (χ0) is 14.5. The fourth-order valence-electron chi connectivity index (χ4n) is 1.52. The molecule has 1 aromatic carbocycles. The summed E-state index contributed by atoms with van der Waals surface area (Å²) in [6.45, 7) is 2.01. The van der Waals surface area contributed by atoms with Gasteiger partial charge in [-0.1, -0.05) is 0 Å². The molecule has 2 N–H and O–H groups in total. The SMILES string of the molecule is CCOc1ccc(C(=O)Nc2ncn[nH]2)cc1[N+](=O)[O-]. The van der Waals surface area contributed by atoms with Crippen LogP contribution in [0.25, 0.3) is 0 Å². The summed E-state index contributed by atoms with van der Waals surface area (Å²) in [5.74, 6) is -0.256. The second-order valence-corrected chi connectivity index (χ2v) is 3.66. The van der Waals surface area contributed by atoms with Gasteiger partial charge in [-0.25, -0.2) is 5.10 Å². The van der Waals surface area contributed by atoms with E-state index in [0.717, 1.165) is 6.07 Å². The van der Waals surface area contributed by atoms with Crippen LogP contribution in [0.15, 0.2) is 24.5 Å². The number of nitro benzene ring substituents is 1. The quantitative estimate of drug-likeness (QED) is 0.628. The van der Waals surface area contributed by atoms with Crippen LogP contribution in [-0.2, 0) is 0 Å². The van der Waals surface area contributed by atoms with E-state index in [9.17, 15) is 14.9 Å². The summed E-state index contributed by atoms with van der Waals surface area (Å²) < 4.78 is 5.14. The Kier molecular flexibility index (Phi) is 3.89. The van der Waals surface area contributed by atoms with Crippen LogP contribution in [0.2, 0.25) is 0 Å². The minimum atomic E-state index is -0.601. The Morgan fingerprint density at radius 1 is 1.55 bits per heavy atom. The number of anilines is 1. The molecule has 2 rings (SSSR count). The smallest absolute Gasteiger partial charge is 0.311 e. The number of amides is 1. The third-order valence-electron chi connectivity index (χ3n) is 2.36. The Bertz CT molecular complexity index is 626. The van der Waals surface area contributed by atoms with Gasteiger partial charge in [-0.15, -0.1) is 0 Å². The van der Waals surface area contributed by atoms with Crippen molar-refractivity contribution >= 4 is 17.5 Å². The second kappa shape index (κ2) is 5.78. The Morgan fingerprint density at radius 3 is 2.95 bits per heavy atom. The maximum atomic E-state index is 11.9. The van der Waals surface area contributed by atoms with E-state index in [4.69, 9.17) is 4.74 Å². The summed E-state index contributed by atoms with van der Waals surface area (Å²) in [7, 11) is 0. The van der Waals surface area contributed by atoms with Gasteiger partial charge < -0.3 is 4.74 Å². The molecule has 0 saturated heterocycles. The molecule has 0 aliphatic heterocycles. The van der Waals surface area contributed by atoms with E-state index >= 15 is 0 Å². The van der Waals surface area contributed by atoms with E-state index in [1.165, 1.54) is 18.5 Å². The second-order valence-electron chi connectivity index (χ2n) is 3.66. The summed E-state index contributed by atoms with van der Waals surface area (Å²) in [5, 5.41) is 19.4. The topological polar surface area (TPSA) is 123 Å². The number of benzene rings is 1. The molecule has 0 aliphatic carbocycles. The monoisotopic (exact) mass is 277 g/mol. The van der Waals surface area contributed by atoms with Gasteiger partial charge in [0.2, 0.25) is 5.95 Å². The van der Waals surface area contributed by atoms with Crippen molar-refractivity contribution in [1.82, 2.24) is 15.2 Å². The van der Waals surface area contributed by atoms with Gasteiger partial charge in [0.15, 0.2) is 5.75 Å². The summed E-state index contributed by atoms with van der Waals surface area (Å²) >= 11 is 0. The van der Waals surface area contributed by atoms with E-state index in [1.54, 1.807) is 6.92 Å². The predicted octanol–water partition coefficient (Wildman–Crippen LogP) is 1.36. The number of carbonyl (C=O) groups is 1. The number of H-pyrrole nitrogens is 1. The number of carbonyl (C=O) groups excluding carboxylic acids is 1. The molecule has 9 nitrogen and oxygen atoms in total. The highest BCUT2D eigenvalue weighted by atomic mass is 16.6. The third kappa shape index (κ3) is 2.88. The Balaban J connectivity index is 2.26. The fraction of sp³-hybridized carbons (Fsp3) is 0.182. The Labute approximate surface area is 113 Å². The molecule has 0 radical (unpaired) electrons. The molecule has 0 unspecified atom stereocenters. The zero-order valence-corrected chi connectivity index (χ0v) is 10.5. The van der Waals surface area contributed by atoms with Crippen LogP contribution in [0, 0.1) is 10.1 Å². The molecule has 1 amide bonds. The summed E-state index contributed by atoms with van der Waals surface area (Å²) in [6.07, 6.45) is 1.23. The number of nitrogens with zero attached hydrogens (tertiary/aromatic N) is 3. The van der Waals surface area contributed by atoms with Crippen LogP contribution in [0.3, 0.4) is 0 Å². The van der Waals surface area contributed by atoms with Crippen molar-refractivity contribution in [3.05, 3.63) is 40.2 Å². The van der Waals surface area contributed by atoms with Gasteiger partial charge in [0.1, 0.15) is 6.33 Å². The molecule has 1 heterocycles. The first-order chi connectivity index (χ1) is 9.61. The molecule has 9 heteroatoms. The first-order valence-electron chi connectivity index (χ1n) is 5.69. The van der Waals surface area contributed by atoms with Crippen molar-refractivity contribution in [3.8, 4) is 5.75 Å². The normalized spacial score (nSPS) is 10.1. The van der Waals surface area contributed by atoms with Crippen LogP contribution in [0.5, 0.6) is 5.75 Å². The van der Waals surface area contributed by atoms with Gasteiger partial charge in [-0.05, 0) is 19.1 Å². The highest BCUT2D eigenvalue weighted by Gasteiger charge is 2.19. The molecule has 20 heavy (non-hydrogen) atoms. The number of rotatable bonds is 5. The van der Waals surface area contributed by atoms with Crippen molar-refractivity contribution in [2.45, 2.75) is 6.92 Å². The first kappa shape index (κ1) is 13.5. The molecular weight excluding hydrogens is 266 g/mol. The van der Waals surface area contributed by atoms with Gasteiger partial charge in [-0.3, -0.25) is 20.2 Å². The Morgan fingerprint density at radius 2 is 2.35 bits per heavy atom. The average Bonchev–Trinajstić information content (AvgIpc) is 2.92. The maximum Gasteiger partial charge on any atom is 0.311 e. The number of aromatic nitrogens is 3. The van der Waals surface area contributed by atoms with Crippen LogP contribution < -0.4 is 10.1 Å². The molecule has 104 valence electrons. The number of ether oxygens (including phenoxy) is 1. The van der Waals surface area contributed by atoms with Crippen molar-refractivity contribution in [2.24, 2.45) is 0 Å². The van der Waals surface area contributed by atoms with Crippen molar-refractivity contribution in [1.29, 1.82) is 0 Å². The van der Waals surface area contributed by atoms with E-state index in [1.807, 2.05) is 0 Å². The van der Waals surface area contributed by atoms with E-state index in [2.05, 4.69) is 20.5 Å². The largest absolute Gasteiger partial charge is 0.487 e. The summed E-state index contributed by atoms with van der Waals surface area (Å²) in [4.78, 5) is 26.0. The molecule has 0 saturated carbocycles. The van der Waals surface area contributed by atoms with Crippen LogP contribution in [0.1, 0.15) is 17.3 Å². The standard InChI is InChI=1S/C11H11N5O4/c1-2-20-9-4-3-7(5-8(9)16(18)19)10(17)14-11-12-6-13-15-11/h3-6H,2H2,1H3,(H2,12,13,14,15,17). The molecule has 0 fully saturated rings. The number of hydrogen-bond acceptors (Lipinski definition) is 6. The molecular formula is C11H11N5O4. The molecule has 0 bridgehead atoms. The molecule has 0 atom stereocenters. The first-order valence-corrected chi connectivity index (χ1v) is 5.69. The summed E-state index contributed by atoms with van der Waals surface area (Å²) in [5.41, 5.74) is -0.145. The van der Waals surface area contributed by atoms with Crippen LogP contribution >= 0.6 is 0 Å². The predicted molar refractivity (Wildman–Crippen MR) is 68.6 cm³/mol. The summed E-state index contributed by atoms with van der Waals surface area (Å²) in [6, 6.07) is 3.97. The number of aromatic amines is 1.